The number of hydrogen-bond acceptors (Lipinski definition) is 4. The van der Waals surface area contributed by atoms with Gasteiger partial charge < -0.3 is 9.64 Å². The highest BCUT2D eigenvalue weighted by Gasteiger charge is 2.31. The molecule has 1 aliphatic carbocycles. The molecule has 3 aromatic rings. The summed E-state index contributed by atoms with van der Waals surface area (Å²) in [5, 5.41) is 0.776. The molecule has 5 heteroatoms. The van der Waals surface area contributed by atoms with Gasteiger partial charge in [0.1, 0.15) is 0 Å². The first-order chi connectivity index (χ1) is 15.6. The van der Waals surface area contributed by atoms with E-state index >= 15 is 0 Å². The van der Waals surface area contributed by atoms with Crippen molar-refractivity contribution in [2.24, 2.45) is 0 Å². The van der Waals surface area contributed by atoms with Crippen molar-refractivity contribution in [3.05, 3.63) is 77.0 Å². The predicted octanol–water partition coefficient (Wildman–Crippen LogP) is 4.89. The fourth-order valence-electron chi connectivity index (χ4n) is 4.73. The highest BCUT2D eigenvalue weighted by Crippen LogP contribution is 2.38. The molecule has 162 valence electrons. The van der Waals surface area contributed by atoms with Gasteiger partial charge in [-0.1, -0.05) is 48.5 Å². The third-order valence-corrected chi connectivity index (χ3v) is 6.34. The van der Waals surface area contributed by atoms with E-state index in [0.717, 1.165) is 72.1 Å². The number of benzene rings is 2. The van der Waals surface area contributed by atoms with Crippen molar-refractivity contribution in [2.75, 3.05) is 13.1 Å². The number of pyridine rings is 1. The maximum Gasteiger partial charge on any atom is 0.339 e. The van der Waals surface area contributed by atoms with E-state index in [1.807, 2.05) is 42.5 Å². The molecule has 0 spiro atoms. The topological polar surface area (TPSA) is 59.5 Å². The molecule has 1 aromatic heterocycles. The summed E-state index contributed by atoms with van der Waals surface area (Å²) in [5.74, 6) is -0.559. The lowest BCUT2D eigenvalue weighted by molar-refractivity contribution is -0.138. The van der Waals surface area contributed by atoms with Gasteiger partial charge in [0.05, 0.1) is 16.8 Å². The Balaban J connectivity index is 1.52. The second kappa shape index (κ2) is 8.58. The zero-order valence-corrected chi connectivity index (χ0v) is 18.2. The average molecular weight is 427 g/mol. The molecule has 2 heterocycles. The SMILES string of the molecule is CC(OC(=O)c1c2c(nc3ccccc13)/C(=C/c1ccccc1)CC2)C(=O)N1CCCC1. The predicted molar refractivity (Wildman–Crippen MR) is 125 cm³/mol. The number of para-hydroxylation sites is 1. The van der Waals surface area contributed by atoms with Crippen LogP contribution in [0.5, 0.6) is 0 Å². The van der Waals surface area contributed by atoms with E-state index in [4.69, 9.17) is 9.72 Å². The van der Waals surface area contributed by atoms with Crippen LogP contribution in [0.1, 0.15) is 53.4 Å². The number of aromatic nitrogens is 1. The number of carbonyl (C=O) groups is 2. The second-order valence-electron chi connectivity index (χ2n) is 8.49. The molecule has 1 unspecified atom stereocenters. The van der Waals surface area contributed by atoms with E-state index in [2.05, 4.69) is 18.2 Å². The molecule has 0 N–H and O–H groups in total. The largest absolute Gasteiger partial charge is 0.449 e. The zero-order valence-electron chi connectivity index (χ0n) is 18.2. The minimum absolute atomic E-state index is 0.115. The number of hydrogen-bond donors (Lipinski definition) is 0. The molecule has 1 aliphatic heterocycles. The third-order valence-electron chi connectivity index (χ3n) is 6.34. The minimum atomic E-state index is -0.802. The molecule has 1 amide bonds. The molecular weight excluding hydrogens is 400 g/mol. The highest BCUT2D eigenvalue weighted by molar-refractivity contribution is 6.07. The lowest BCUT2D eigenvalue weighted by Gasteiger charge is -2.21. The van der Waals surface area contributed by atoms with Crippen LogP contribution in [-0.2, 0) is 16.0 Å². The maximum absolute atomic E-state index is 13.4. The number of likely N-dealkylation sites (tertiary alicyclic amines) is 1. The van der Waals surface area contributed by atoms with E-state index in [1.165, 1.54) is 0 Å². The second-order valence-corrected chi connectivity index (χ2v) is 8.49. The van der Waals surface area contributed by atoms with Crippen molar-refractivity contribution in [1.82, 2.24) is 9.88 Å². The van der Waals surface area contributed by atoms with Crippen molar-refractivity contribution in [3.63, 3.8) is 0 Å². The number of esters is 1. The first-order valence-corrected chi connectivity index (χ1v) is 11.3. The first-order valence-electron chi connectivity index (χ1n) is 11.3. The van der Waals surface area contributed by atoms with Crippen LogP contribution in [0.2, 0.25) is 0 Å². The van der Waals surface area contributed by atoms with Crippen molar-refractivity contribution in [2.45, 2.75) is 38.7 Å². The van der Waals surface area contributed by atoms with Gasteiger partial charge >= 0.3 is 5.97 Å². The van der Waals surface area contributed by atoms with E-state index in [0.29, 0.717) is 5.56 Å². The highest BCUT2D eigenvalue weighted by atomic mass is 16.5. The molecule has 1 saturated heterocycles. The van der Waals surface area contributed by atoms with Gasteiger partial charge in [0.2, 0.25) is 0 Å². The maximum atomic E-state index is 13.4. The summed E-state index contributed by atoms with van der Waals surface area (Å²) in [7, 11) is 0. The summed E-state index contributed by atoms with van der Waals surface area (Å²) in [6.45, 7) is 3.15. The first kappa shape index (κ1) is 20.4. The van der Waals surface area contributed by atoms with Crippen LogP contribution < -0.4 is 0 Å². The Hall–Kier alpha value is -3.47. The Morgan fingerprint density at radius 3 is 2.50 bits per heavy atom. The summed E-state index contributed by atoms with van der Waals surface area (Å²) in [4.78, 5) is 32.8. The zero-order chi connectivity index (χ0) is 22.1. The molecule has 1 fully saturated rings. The summed E-state index contributed by atoms with van der Waals surface area (Å²) >= 11 is 0. The van der Waals surface area contributed by atoms with Crippen molar-refractivity contribution < 1.29 is 14.3 Å². The van der Waals surface area contributed by atoms with Crippen molar-refractivity contribution in [3.8, 4) is 0 Å². The third kappa shape index (κ3) is 3.79. The van der Waals surface area contributed by atoms with Crippen LogP contribution in [0.15, 0.2) is 54.6 Å². The van der Waals surface area contributed by atoms with E-state index in [-0.39, 0.29) is 5.91 Å². The Bertz CT molecular complexity index is 1210. The number of allylic oxidation sites excluding steroid dienone is 1. The molecule has 5 rings (SSSR count). The van der Waals surface area contributed by atoms with Gasteiger partial charge in [-0.15, -0.1) is 0 Å². The average Bonchev–Trinajstić information content (AvgIpc) is 3.48. The summed E-state index contributed by atoms with van der Waals surface area (Å²) in [5.41, 5.74) is 5.31. The van der Waals surface area contributed by atoms with E-state index < -0.39 is 12.1 Å². The number of fused-ring (bicyclic) bond motifs is 2. The molecule has 5 nitrogen and oxygen atoms in total. The minimum Gasteiger partial charge on any atom is -0.449 e. The summed E-state index contributed by atoms with van der Waals surface area (Å²) < 4.78 is 5.72. The van der Waals surface area contributed by atoms with Crippen molar-refractivity contribution >= 4 is 34.4 Å². The molecule has 2 aliphatic rings. The van der Waals surface area contributed by atoms with Crippen LogP contribution >= 0.6 is 0 Å². The van der Waals surface area contributed by atoms with Gasteiger partial charge in [0.25, 0.3) is 5.91 Å². The van der Waals surface area contributed by atoms with E-state index in [9.17, 15) is 9.59 Å². The van der Waals surface area contributed by atoms with Crippen LogP contribution in [0.4, 0.5) is 0 Å². The normalized spacial score (nSPS) is 17.5. The monoisotopic (exact) mass is 426 g/mol. The molecule has 32 heavy (non-hydrogen) atoms. The molecule has 0 bridgehead atoms. The molecule has 0 radical (unpaired) electrons. The van der Waals surface area contributed by atoms with Gasteiger partial charge in [-0.25, -0.2) is 9.78 Å². The van der Waals surface area contributed by atoms with Gasteiger partial charge in [0.15, 0.2) is 6.10 Å². The molecular formula is C27H26N2O3. The number of ether oxygens (including phenoxy) is 1. The number of carbonyl (C=O) groups excluding carboxylic acids is 2. The summed E-state index contributed by atoms with van der Waals surface area (Å²) in [6, 6.07) is 17.8. The number of amides is 1. The molecule has 1 atom stereocenters. The Labute approximate surface area is 187 Å². The van der Waals surface area contributed by atoms with Gasteiger partial charge in [-0.2, -0.15) is 0 Å². The fourth-order valence-corrected chi connectivity index (χ4v) is 4.73. The van der Waals surface area contributed by atoms with Crippen LogP contribution in [0.25, 0.3) is 22.6 Å². The van der Waals surface area contributed by atoms with Gasteiger partial charge in [0, 0.05) is 18.5 Å². The van der Waals surface area contributed by atoms with Gasteiger partial charge in [-0.05, 0) is 61.4 Å². The van der Waals surface area contributed by atoms with Gasteiger partial charge in [-0.3, -0.25) is 4.79 Å². The Morgan fingerprint density at radius 1 is 1.00 bits per heavy atom. The quantitative estimate of drug-likeness (QED) is 0.558. The Morgan fingerprint density at radius 2 is 1.72 bits per heavy atom. The lowest BCUT2D eigenvalue weighted by atomic mass is 10.0. The molecule has 2 aromatic carbocycles. The molecule has 0 saturated carbocycles. The number of nitrogens with zero attached hydrogens (tertiary/aromatic N) is 2. The van der Waals surface area contributed by atoms with Crippen molar-refractivity contribution in [1.29, 1.82) is 0 Å². The number of rotatable bonds is 4. The van der Waals surface area contributed by atoms with Crippen LogP contribution in [-0.4, -0.2) is 41.0 Å². The smallest absolute Gasteiger partial charge is 0.339 e. The van der Waals surface area contributed by atoms with Crippen LogP contribution in [0, 0.1) is 0 Å². The lowest BCUT2D eigenvalue weighted by Crippen LogP contribution is -2.38. The summed E-state index contributed by atoms with van der Waals surface area (Å²) in [6.07, 6.45) is 4.89. The van der Waals surface area contributed by atoms with E-state index in [1.54, 1.807) is 11.8 Å². The Kier molecular flexibility index (Phi) is 5.48. The van der Waals surface area contributed by atoms with Crippen LogP contribution in [0.3, 0.4) is 0 Å². The standard InChI is InChI=1S/C27H26N2O3/c1-18(26(30)29-15-7-8-16-29)32-27(31)24-21-11-5-6-12-23(21)28-25-20(13-14-22(24)25)17-19-9-3-2-4-10-19/h2-6,9-12,17-18H,7-8,13-16H2,1H3/b20-17+. The fraction of sp³-hybridized carbons (Fsp3) is 0.296.